The molecule has 8 rings (SSSR count). The van der Waals surface area contributed by atoms with Crippen molar-refractivity contribution in [2.24, 2.45) is 5.92 Å². The first-order valence-corrected chi connectivity index (χ1v) is 17.9. The van der Waals surface area contributed by atoms with Crippen molar-refractivity contribution in [3.63, 3.8) is 0 Å². The van der Waals surface area contributed by atoms with Crippen LogP contribution in [0.4, 0.5) is 16.6 Å². The number of amides is 1. The largest absolute Gasteiger partial charge is 0.396 e. The lowest BCUT2D eigenvalue weighted by Gasteiger charge is -2.42. The number of ketones is 2. The second-order valence-corrected chi connectivity index (χ2v) is 14.8. The Bertz CT molecular complexity index is 2430. The van der Waals surface area contributed by atoms with Crippen LogP contribution in [0.3, 0.4) is 0 Å². The number of hydrogen-bond acceptors (Lipinski definition) is 10. The van der Waals surface area contributed by atoms with Crippen LogP contribution in [-0.4, -0.2) is 57.4 Å². The van der Waals surface area contributed by atoms with Gasteiger partial charge in [0.2, 0.25) is 5.91 Å². The fourth-order valence-corrected chi connectivity index (χ4v) is 8.67. The highest BCUT2D eigenvalue weighted by atomic mass is 35.5. The van der Waals surface area contributed by atoms with E-state index in [9.17, 15) is 19.5 Å². The van der Waals surface area contributed by atoms with Crippen LogP contribution >= 0.6 is 34.5 Å². The standard InChI is InChI=1S/C38H30Cl2N6O4S/c1-20-13-26-25-15-31(48)24-6-4-3-5-22(24)23(25)8-9-27(26)38(2,35(20)50)46-19-45(30-16-41-18-42-36(30)46)17-33(49)43-37-44-34(32(51-37)11-12-47)21-7-10-28(39)29(40)14-21/h3-10,13-16,18,20,47H,11-12,17,19H2,1-2H3,(H,43,44,49). The van der Waals surface area contributed by atoms with E-state index in [0.29, 0.717) is 44.4 Å². The van der Waals surface area contributed by atoms with Gasteiger partial charge in [-0.15, -0.1) is 11.3 Å². The highest BCUT2D eigenvalue weighted by Crippen LogP contribution is 2.44. The Hall–Kier alpha value is -4.94. The SMILES string of the molecule is CC1C=c2c(ccc3c2=CC(=O)c2ccccc2-3)C(C)(N2CN(CC(=O)Nc3nc(-c4ccc(Cl)c(Cl)c4)c(CCO)s3)c3cncnc32)C1=O. The molecule has 3 heterocycles. The molecule has 0 saturated carbocycles. The highest BCUT2D eigenvalue weighted by molar-refractivity contribution is 7.16. The van der Waals surface area contributed by atoms with Crippen molar-refractivity contribution in [2.75, 3.05) is 34.9 Å². The van der Waals surface area contributed by atoms with Crippen molar-refractivity contribution in [3.8, 4) is 22.4 Å². The third kappa shape index (κ3) is 5.43. The van der Waals surface area contributed by atoms with Gasteiger partial charge in [0.25, 0.3) is 0 Å². The van der Waals surface area contributed by atoms with Crippen LogP contribution in [0.1, 0.15) is 34.6 Å². The van der Waals surface area contributed by atoms with Crippen molar-refractivity contribution in [1.82, 2.24) is 15.0 Å². The number of aliphatic hydroxyl groups excluding tert-OH is 1. The molecular weight excluding hydrogens is 707 g/mol. The minimum absolute atomic E-state index is 0.0256. The molecule has 5 aromatic rings. The van der Waals surface area contributed by atoms with Gasteiger partial charge >= 0.3 is 0 Å². The van der Waals surface area contributed by atoms with Crippen molar-refractivity contribution in [3.05, 3.63) is 104 Å². The molecule has 2 atom stereocenters. The van der Waals surface area contributed by atoms with Gasteiger partial charge in [-0.2, -0.15) is 0 Å². The van der Waals surface area contributed by atoms with E-state index < -0.39 is 11.5 Å². The van der Waals surface area contributed by atoms with Crippen molar-refractivity contribution in [1.29, 1.82) is 0 Å². The fraction of sp³-hybridized carbons (Fsp3) is 0.211. The van der Waals surface area contributed by atoms with Crippen LogP contribution in [0.2, 0.25) is 10.0 Å². The number of carbonyl (C=O) groups is 3. The minimum atomic E-state index is -1.18. The number of aliphatic hydroxyl groups is 1. The third-order valence-electron chi connectivity index (χ3n) is 9.81. The molecule has 2 aromatic heterocycles. The zero-order valence-electron chi connectivity index (χ0n) is 27.5. The summed E-state index contributed by atoms with van der Waals surface area (Å²) >= 11 is 13.7. The normalized spacial score (nSPS) is 18.7. The Morgan fingerprint density at radius 1 is 1.06 bits per heavy atom. The van der Waals surface area contributed by atoms with Crippen LogP contribution in [0.25, 0.3) is 34.5 Å². The number of benzene rings is 3. The first-order chi connectivity index (χ1) is 24.6. The summed E-state index contributed by atoms with van der Waals surface area (Å²) in [5.74, 6) is -0.365. The predicted molar refractivity (Wildman–Crippen MR) is 200 cm³/mol. The van der Waals surface area contributed by atoms with Crippen molar-refractivity contribution < 1.29 is 19.5 Å². The van der Waals surface area contributed by atoms with E-state index in [1.807, 2.05) is 66.1 Å². The molecule has 1 aliphatic heterocycles. The lowest BCUT2D eigenvalue weighted by atomic mass is 9.73. The maximum Gasteiger partial charge on any atom is 0.245 e. The molecule has 256 valence electrons. The maximum absolute atomic E-state index is 14.3. The molecule has 13 heteroatoms. The summed E-state index contributed by atoms with van der Waals surface area (Å²) in [4.78, 5) is 59.3. The van der Waals surface area contributed by atoms with Crippen molar-refractivity contribution in [2.45, 2.75) is 25.8 Å². The number of fused-ring (bicyclic) bond motifs is 6. The Morgan fingerprint density at radius 3 is 2.65 bits per heavy atom. The molecule has 3 aliphatic rings. The van der Waals surface area contributed by atoms with Crippen LogP contribution in [0.5, 0.6) is 0 Å². The fourth-order valence-electron chi connectivity index (χ4n) is 7.38. The Balaban J connectivity index is 1.12. The van der Waals surface area contributed by atoms with Gasteiger partial charge in [0.15, 0.2) is 22.5 Å². The summed E-state index contributed by atoms with van der Waals surface area (Å²) in [6, 6.07) is 16.7. The molecular formula is C38H30Cl2N6O4S. The van der Waals surface area contributed by atoms with Gasteiger partial charge in [-0.05, 0) is 52.3 Å². The van der Waals surface area contributed by atoms with Gasteiger partial charge < -0.3 is 20.2 Å². The highest BCUT2D eigenvalue weighted by Gasteiger charge is 2.50. The van der Waals surface area contributed by atoms with Gasteiger partial charge in [-0.3, -0.25) is 14.4 Å². The second-order valence-electron chi connectivity index (χ2n) is 12.9. The molecule has 0 fully saturated rings. The summed E-state index contributed by atoms with van der Waals surface area (Å²) in [7, 11) is 0. The maximum atomic E-state index is 14.3. The second kappa shape index (κ2) is 12.7. The number of nitrogens with zero attached hydrogens (tertiary/aromatic N) is 5. The van der Waals surface area contributed by atoms with Crippen LogP contribution < -0.4 is 25.6 Å². The van der Waals surface area contributed by atoms with Crippen LogP contribution in [-0.2, 0) is 21.5 Å². The van der Waals surface area contributed by atoms with Gasteiger partial charge in [0, 0.05) is 34.9 Å². The lowest BCUT2D eigenvalue weighted by molar-refractivity contribution is -0.126. The number of carbonyl (C=O) groups excluding carboxylic acids is 3. The number of nitrogens with one attached hydrogen (secondary N) is 1. The molecule has 0 radical (unpaired) electrons. The van der Waals surface area contributed by atoms with E-state index in [1.165, 1.54) is 17.7 Å². The molecule has 2 unspecified atom stereocenters. The summed E-state index contributed by atoms with van der Waals surface area (Å²) in [6.45, 7) is 3.78. The van der Waals surface area contributed by atoms with Crippen LogP contribution in [0.15, 0.2) is 67.1 Å². The van der Waals surface area contributed by atoms with Gasteiger partial charge in [0.05, 0.1) is 35.1 Å². The summed E-state index contributed by atoms with van der Waals surface area (Å²) < 4.78 is 0. The first kappa shape index (κ1) is 33.2. The zero-order chi connectivity index (χ0) is 35.6. The van der Waals surface area contributed by atoms with E-state index in [-0.39, 0.29) is 37.3 Å². The topological polar surface area (TPSA) is 129 Å². The number of aromatic nitrogens is 3. The number of thiazole rings is 1. The van der Waals surface area contributed by atoms with Crippen LogP contribution in [0, 0.1) is 5.92 Å². The summed E-state index contributed by atoms with van der Waals surface area (Å²) in [5.41, 5.74) is 3.98. The van der Waals surface area contributed by atoms with E-state index in [0.717, 1.165) is 37.6 Å². The average Bonchev–Trinajstić information content (AvgIpc) is 3.70. The number of rotatable bonds is 7. The van der Waals surface area contributed by atoms with Gasteiger partial charge in [-0.1, -0.05) is 78.7 Å². The monoisotopic (exact) mass is 736 g/mol. The zero-order valence-corrected chi connectivity index (χ0v) is 29.8. The Kier molecular flexibility index (Phi) is 8.26. The Labute approximate surface area is 306 Å². The molecule has 0 bridgehead atoms. The molecule has 0 saturated heterocycles. The molecule has 2 N–H and O–H groups in total. The molecule has 2 aliphatic carbocycles. The van der Waals surface area contributed by atoms with Crippen molar-refractivity contribution >= 4 is 80.8 Å². The summed E-state index contributed by atoms with van der Waals surface area (Å²) in [5, 5.41) is 15.4. The lowest BCUT2D eigenvalue weighted by Crippen LogP contribution is -2.59. The summed E-state index contributed by atoms with van der Waals surface area (Å²) in [6.07, 6.45) is 7.04. The molecule has 3 aromatic carbocycles. The van der Waals surface area contributed by atoms with E-state index in [4.69, 9.17) is 23.2 Å². The predicted octanol–water partition coefficient (Wildman–Crippen LogP) is 5.22. The quantitative estimate of drug-likeness (QED) is 0.231. The van der Waals surface area contributed by atoms with Gasteiger partial charge in [0.1, 0.15) is 17.6 Å². The number of halogens is 2. The minimum Gasteiger partial charge on any atom is -0.396 e. The van der Waals surface area contributed by atoms with Gasteiger partial charge in [-0.25, -0.2) is 15.0 Å². The first-order valence-electron chi connectivity index (χ1n) is 16.3. The van der Waals surface area contributed by atoms with E-state index in [1.54, 1.807) is 30.5 Å². The number of hydrogen-bond donors (Lipinski definition) is 2. The molecule has 0 spiro atoms. The smallest absolute Gasteiger partial charge is 0.245 e. The molecule has 10 nitrogen and oxygen atoms in total. The molecule has 51 heavy (non-hydrogen) atoms. The molecule has 1 amide bonds. The third-order valence-corrected chi connectivity index (χ3v) is 11.6. The number of anilines is 3. The average molecular weight is 738 g/mol. The van der Waals surface area contributed by atoms with E-state index >= 15 is 0 Å². The number of Topliss-reactive ketones (excluding diaryl/α,β-unsaturated/α-hetero) is 2. The van der Waals surface area contributed by atoms with E-state index in [2.05, 4.69) is 20.3 Å². The Morgan fingerprint density at radius 2 is 1.86 bits per heavy atom.